The molecule has 8 heteroatoms. The maximum absolute atomic E-state index is 12.4. The first-order valence-electron chi connectivity index (χ1n) is 7.34. The summed E-state index contributed by atoms with van der Waals surface area (Å²) in [5.41, 5.74) is 0.505. The predicted octanol–water partition coefficient (Wildman–Crippen LogP) is 1.95. The molecule has 0 bridgehead atoms. The summed E-state index contributed by atoms with van der Waals surface area (Å²) < 4.78 is 0. The quantitative estimate of drug-likeness (QED) is 0.898. The van der Waals surface area contributed by atoms with Crippen LogP contribution in [-0.4, -0.2) is 45.0 Å². The van der Waals surface area contributed by atoms with E-state index < -0.39 is 0 Å². The maximum Gasteiger partial charge on any atom is 0.257 e. The Morgan fingerprint density at radius 3 is 2.91 bits per heavy atom. The van der Waals surface area contributed by atoms with Gasteiger partial charge in [0.1, 0.15) is 5.82 Å². The number of pyridine rings is 1. The van der Waals surface area contributed by atoms with Crippen molar-refractivity contribution in [2.75, 3.05) is 18.4 Å². The molecule has 0 radical (unpaired) electrons. The first-order chi connectivity index (χ1) is 11.1. The van der Waals surface area contributed by atoms with E-state index in [9.17, 15) is 9.59 Å². The average molecular weight is 334 g/mol. The van der Waals surface area contributed by atoms with Crippen LogP contribution < -0.4 is 5.32 Å². The number of likely N-dealkylation sites (tertiary alicyclic amines) is 1. The molecule has 1 saturated heterocycles. The zero-order valence-corrected chi connectivity index (χ0v) is 13.1. The van der Waals surface area contributed by atoms with Gasteiger partial charge >= 0.3 is 0 Å². The van der Waals surface area contributed by atoms with Gasteiger partial charge in [-0.1, -0.05) is 11.6 Å². The molecule has 1 unspecified atom stereocenters. The van der Waals surface area contributed by atoms with Crippen molar-refractivity contribution in [2.45, 2.75) is 12.8 Å². The summed E-state index contributed by atoms with van der Waals surface area (Å²) in [5, 5.41) is 9.69. The largest absolute Gasteiger partial charge is 0.338 e. The lowest BCUT2D eigenvalue weighted by atomic mass is 9.96. The van der Waals surface area contributed by atoms with Crippen LogP contribution in [0.15, 0.2) is 30.7 Å². The molecule has 3 rings (SSSR count). The molecule has 0 aliphatic carbocycles. The van der Waals surface area contributed by atoms with Gasteiger partial charge in [-0.15, -0.1) is 0 Å². The van der Waals surface area contributed by atoms with Crippen LogP contribution in [0.25, 0.3) is 0 Å². The van der Waals surface area contributed by atoms with Crippen molar-refractivity contribution in [3.63, 3.8) is 0 Å². The summed E-state index contributed by atoms with van der Waals surface area (Å²) >= 11 is 5.77. The van der Waals surface area contributed by atoms with Crippen LogP contribution in [0.1, 0.15) is 23.2 Å². The number of H-pyrrole nitrogens is 1. The standard InChI is InChI=1S/C15H16ClN5O2/c16-12-3-4-13(17-8-12)20-14(22)10-2-1-5-21(9-10)15(23)11-6-18-19-7-11/h3-4,6-8,10H,1-2,5,9H2,(H,18,19)(H,17,20,22). The minimum absolute atomic E-state index is 0.110. The lowest BCUT2D eigenvalue weighted by Gasteiger charge is -2.31. The summed E-state index contributed by atoms with van der Waals surface area (Å²) in [6.45, 7) is 1.04. The van der Waals surface area contributed by atoms with Crippen LogP contribution in [0.5, 0.6) is 0 Å². The normalized spacial score (nSPS) is 17.8. The molecule has 2 aromatic heterocycles. The summed E-state index contributed by atoms with van der Waals surface area (Å²) in [6, 6.07) is 3.32. The monoisotopic (exact) mass is 333 g/mol. The number of hydrogen-bond acceptors (Lipinski definition) is 4. The number of carbonyl (C=O) groups is 2. The van der Waals surface area contributed by atoms with Gasteiger partial charge in [0.15, 0.2) is 0 Å². The summed E-state index contributed by atoms with van der Waals surface area (Å²) in [4.78, 5) is 30.4. The van der Waals surface area contributed by atoms with Crippen LogP contribution in [-0.2, 0) is 4.79 Å². The van der Waals surface area contributed by atoms with Crippen molar-refractivity contribution in [1.29, 1.82) is 0 Å². The number of rotatable bonds is 3. The molecule has 120 valence electrons. The number of amides is 2. The Kier molecular flexibility index (Phi) is 4.57. The Morgan fingerprint density at radius 1 is 1.35 bits per heavy atom. The minimum Gasteiger partial charge on any atom is -0.338 e. The lowest BCUT2D eigenvalue weighted by molar-refractivity contribution is -0.121. The van der Waals surface area contributed by atoms with E-state index in [4.69, 9.17) is 11.6 Å². The Balaban J connectivity index is 1.62. The van der Waals surface area contributed by atoms with E-state index in [1.165, 1.54) is 12.4 Å². The Morgan fingerprint density at radius 2 is 2.22 bits per heavy atom. The van der Waals surface area contributed by atoms with Gasteiger partial charge in [-0.05, 0) is 25.0 Å². The molecule has 1 aliphatic heterocycles. The minimum atomic E-state index is -0.253. The highest BCUT2D eigenvalue weighted by Gasteiger charge is 2.29. The van der Waals surface area contributed by atoms with Crippen molar-refractivity contribution in [1.82, 2.24) is 20.1 Å². The summed E-state index contributed by atoms with van der Waals surface area (Å²) in [7, 11) is 0. The Labute approximate surface area is 138 Å². The lowest BCUT2D eigenvalue weighted by Crippen LogP contribution is -2.43. The van der Waals surface area contributed by atoms with Crippen molar-refractivity contribution < 1.29 is 9.59 Å². The second-order valence-electron chi connectivity index (χ2n) is 5.43. The van der Waals surface area contributed by atoms with Crippen LogP contribution >= 0.6 is 11.6 Å². The number of hydrogen-bond donors (Lipinski definition) is 2. The topological polar surface area (TPSA) is 91.0 Å². The first kappa shape index (κ1) is 15.5. The van der Waals surface area contributed by atoms with Gasteiger partial charge < -0.3 is 10.2 Å². The van der Waals surface area contributed by atoms with Crippen molar-refractivity contribution in [3.05, 3.63) is 41.3 Å². The second-order valence-corrected chi connectivity index (χ2v) is 5.86. The molecular weight excluding hydrogens is 318 g/mol. The Bertz CT molecular complexity index is 686. The third-order valence-corrected chi connectivity index (χ3v) is 4.03. The van der Waals surface area contributed by atoms with E-state index in [2.05, 4.69) is 20.5 Å². The first-order valence-corrected chi connectivity index (χ1v) is 7.72. The highest BCUT2D eigenvalue weighted by molar-refractivity contribution is 6.30. The van der Waals surface area contributed by atoms with E-state index in [-0.39, 0.29) is 17.7 Å². The number of nitrogens with one attached hydrogen (secondary N) is 2. The predicted molar refractivity (Wildman–Crippen MR) is 85.1 cm³/mol. The molecular formula is C15H16ClN5O2. The number of nitrogens with zero attached hydrogens (tertiary/aromatic N) is 3. The van der Waals surface area contributed by atoms with Crippen LogP contribution in [0.3, 0.4) is 0 Å². The highest BCUT2D eigenvalue weighted by atomic mass is 35.5. The molecule has 2 aromatic rings. The van der Waals surface area contributed by atoms with E-state index in [0.29, 0.717) is 29.5 Å². The number of piperidine rings is 1. The SMILES string of the molecule is O=C(Nc1ccc(Cl)cn1)C1CCCN(C(=O)c2cn[nH]c2)C1. The fraction of sp³-hybridized carbons (Fsp3) is 0.333. The zero-order valence-electron chi connectivity index (χ0n) is 12.3. The van der Waals surface area contributed by atoms with E-state index in [1.807, 2.05) is 0 Å². The van der Waals surface area contributed by atoms with E-state index in [0.717, 1.165) is 12.8 Å². The molecule has 7 nitrogen and oxygen atoms in total. The van der Waals surface area contributed by atoms with Crippen LogP contribution in [0, 0.1) is 5.92 Å². The molecule has 1 atom stereocenters. The molecule has 0 aromatic carbocycles. The van der Waals surface area contributed by atoms with Gasteiger partial charge in [-0.25, -0.2) is 4.98 Å². The van der Waals surface area contributed by atoms with Crippen LogP contribution in [0.4, 0.5) is 5.82 Å². The third-order valence-electron chi connectivity index (χ3n) is 3.80. The third kappa shape index (κ3) is 3.68. The molecule has 1 fully saturated rings. The van der Waals surface area contributed by atoms with Gasteiger partial charge in [-0.3, -0.25) is 14.7 Å². The second kappa shape index (κ2) is 6.78. The van der Waals surface area contributed by atoms with Crippen LogP contribution in [0.2, 0.25) is 5.02 Å². The van der Waals surface area contributed by atoms with Crippen molar-refractivity contribution in [2.24, 2.45) is 5.92 Å². The Hall–Kier alpha value is -2.41. The van der Waals surface area contributed by atoms with E-state index >= 15 is 0 Å². The fourth-order valence-electron chi connectivity index (χ4n) is 2.60. The van der Waals surface area contributed by atoms with Gasteiger partial charge in [0, 0.05) is 25.5 Å². The number of anilines is 1. The highest BCUT2D eigenvalue weighted by Crippen LogP contribution is 2.20. The molecule has 2 N–H and O–H groups in total. The van der Waals surface area contributed by atoms with Gasteiger partial charge in [0.05, 0.1) is 22.7 Å². The smallest absolute Gasteiger partial charge is 0.257 e. The number of aromatic nitrogens is 3. The molecule has 3 heterocycles. The zero-order chi connectivity index (χ0) is 16.2. The fourth-order valence-corrected chi connectivity index (χ4v) is 2.72. The maximum atomic E-state index is 12.4. The van der Waals surface area contributed by atoms with Gasteiger partial charge in [-0.2, -0.15) is 5.10 Å². The van der Waals surface area contributed by atoms with E-state index in [1.54, 1.807) is 23.2 Å². The summed E-state index contributed by atoms with van der Waals surface area (Å²) in [5.74, 6) is -0.0415. The molecule has 23 heavy (non-hydrogen) atoms. The average Bonchev–Trinajstić information content (AvgIpc) is 3.11. The van der Waals surface area contributed by atoms with Crippen molar-refractivity contribution >= 4 is 29.2 Å². The number of aromatic amines is 1. The van der Waals surface area contributed by atoms with Gasteiger partial charge in [0.25, 0.3) is 5.91 Å². The summed E-state index contributed by atoms with van der Waals surface area (Å²) in [6.07, 6.45) is 6.06. The number of halogens is 1. The molecule has 0 spiro atoms. The molecule has 1 aliphatic rings. The molecule has 2 amide bonds. The van der Waals surface area contributed by atoms with Crippen molar-refractivity contribution in [3.8, 4) is 0 Å². The number of carbonyl (C=O) groups excluding carboxylic acids is 2. The molecule has 0 saturated carbocycles. The van der Waals surface area contributed by atoms with Gasteiger partial charge in [0.2, 0.25) is 5.91 Å².